The van der Waals surface area contributed by atoms with Crippen molar-refractivity contribution < 1.29 is 19.4 Å². The Labute approximate surface area is 180 Å². The monoisotopic (exact) mass is 427 g/mol. The van der Waals surface area contributed by atoms with E-state index < -0.39 is 6.10 Å². The van der Waals surface area contributed by atoms with Crippen LogP contribution in [-0.4, -0.2) is 50.9 Å². The third kappa shape index (κ3) is 5.61. The van der Waals surface area contributed by atoms with Crippen molar-refractivity contribution in [3.05, 3.63) is 65.5 Å². The van der Waals surface area contributed by atoms with Crippen LogP contribution in [0, 0.1) is 13.8 Å². The lowest BCUT2D eigenvalue weighted by atomic mass is 10.2. The minimum atomic E-state index is -0.691. The Morgan fingerprint density at radius 3 is 2.47 bits per heavy atom. The van der Waals surface area contributed by atoms with Crippen LogP contribution in [0.3, 0.4) is 0 Å². The fraction of sp³-hybridized carbons (Fsp3) is 0.318. The van der Waals surface area contributed by atoms with Crippen LogP contribution in [0.5, 0.6) is 5.75 Å². The van der Waals surface area contributed by atoms with Crippen LogP contribution in [0.15, 0.2) is 53.7 Å². The highest BCUT2D eigenvalue weighted by Crippen LogP contribution is 2.23. The van der Waals surface area contributed by atoms with Gasteiger partial charge in [0.1, 0.15) is 18.2 Å². The first-order valence-corrected chi connectivity index (χ1v) is 10.7. The van der Waals surface area contributed by atoms with Crippen molar-refractivity contribution >= 4 is 17.7 Å². The Morgan fingerprint density at radius 1 is 1.10 bits per heavy atom. The van der Waals surface area contributed by atoms with Gasteiger partial charge in [0.15, 0.2) is 5.16 Å². The highest BCUT2D eigenvalue weighted by atomic mass is 32.2. The van der Waals surface area contributed by atoms with Gasteiger partial charge in [-0.2, -0.15) is 0 Å². The number of thioether (sulfide) groups is 1. The van der Waals surface area contributed by atoms with Gasteiger partial charge in [-0.1, -0.05) is 29.5 Å². The number of esters is 1. The summed E-state index contributed by atoms with van der Waals surface area (Å²) in [4.78, 5) is 11.7. The maximum Gasteiger partial charge on any atom is 0.338 e. The number of aliphatic hydroxyl groups excluding tert-OH is 1. The van der Waals surface area contributed by atoms with Gasteiger partial charge >= 0.3 is 5.97 Å². The summed E-state index contributed by atoms with van der Waals surface area (Å²) in [6, 6.07) is 14.8. The molecule has 158 valence electrons. The predicted octanol–water partition coefficient (Wildman–Crippen LogP) is 3.59. The third-order valence-electron chi connectivity index (χ3n) is 4.30. The first-order valence-electron chi connectivity index (χ1n) is 9.68. The average molecular weight is 428 g/mol. The van der Waals surface area contributed by atoms with Gasteiger partial charge in [0, 0.05) is 11.4 Å². The van der Waals surface area contributed by atoms with E-state index in [1.54, 1.807) is 31.2 Å². The maximum absolute atomic E-state index is 11.7. The Bertz CT molecular complexity index is 971. The van der Waals surface area contributed by atoms with Gasteiger partial charge in [-0.05, 0) is 57.2 Å². The molecule has 0 saturated carbocycles. The van der Waals surface area contributed by atoms with Crippen molar-refractivity contribution in [1.29, 1.82) is 0 Å². The van der Waals surface area contributed by atoms with E-state index in [9.17, 15) is 9.90 Å². The van der Waals surface area contributed by atoms with E-state index in [0.717, 1.165) is 11.5 Å². The number of aromatic nitrogens is 3. The standard InChI is InChI=1S/C22H25N3O4S/c1-4-28-21(27)17-7-11-20(12-8-17)29-13-19(26)14-30-22-24-23-16(3)25(22)18-9-5-15(2)6-10-18/h5-12,19,26H,4,13-14H2,1-3H3. The van der Waals surface area contributed by atoms with Gasteiger partial charge in [-0.25, -0.2) is 4.79 Å². The van der Waals surface area contributed by atoms with Gasteiger partial charge in [-0.15, -0.1) is 10.2 Å². The Balaban J connectivity index is 1.54. The normalized spacial score (nSPS) is 11.9. The predicted molar refractivity (Wildman–Crippen MR) is 115 cm³/mol. The van der Waals surface area contributed by atoms with Gasteiger partial charge in [0.25, 0.3) is 0 Å². The Hall–Kier alpha value is -2.84. The maximum atomic E-state index is 11.7. The van der Waals surface area contributed by atoms with E-state index in [2.05, 4.69) is 10.2 Å². The number of benzene rings is 2. The number of nitrogens with zero attached hydrogens (tertiary/aromatic N) is 3. The van der Waals surface area contributed by atoms with E-state index in [4.69, 9.17) is 9.47 Å². The molecule has 0 aliphatic carbocycles. The zero-order valence-electron chi connectivity index (χ0n) is 17.2. The highest BCUT2D eigenvalue weighted by Gasteiger charge is 2.14. The largest absolute Gasteiger partial charge is 0.491 e. The summed E-state index contributed by atoms with van der Waals surface area (Å²) >= 11 is 1.42. The van der Waals surface area contributed by atoms with Crippen LogP contribution >= 0.6 is 11.8 Å². The van der Waals surface area contributed by atoms with Crippen LogP contribution in [0.25, 0.3) is 5.69 Å². The molecule has 0 aliphatic heterocycles. The summed E-state index contributed by atoms with van der Waals surface area (Å²) in [6.07, 6.45) is -0.691. The molecule has 0 spiro atoms. The summed E-state index contributed by atoms with van der Waals surface area (Å²) in [7, 11) is 0. The molecule has 7 nitrogen and oxygen atoms in total. The average Bonchev–Trinajstić information content (AvgIpc) is 3.12. The zero-order valence-corrected chi connectivity index (χ0v) is 18.1. The van der Waals surface area contributed by atoms with Crippen LogP contribution in [0.4, 0.5) is 0 Å². The van der Waals surface area contributed by atoms with Gasteiger partial charge in [-0.3, -0.25) is 4.57 Å². The Kier molecular flexibility index (Phi) is 7.48. The Morgan fingerprint density at radius 2 is 1.80 bits per heavy atom. The van der Waals surface area contributed by atoms with Crippen LogP contribution in [-0.2, 0) is 4.74 Å². The molecular weight excluding hydrogens is 402 g/mol. The number of hydrogen-bond donors (Lipinski definition) is 1. The lowest BCUT2D eigenvalue weighted by Gasteiger charge is -2.13. The van der Waals surface area contributed by atoms with Gasteiger partial charge in [0.05, 0.1) is 18.3 Å². The van der Waals surface area contributed by atoms with Gasteiger partial charge in [0.2, 0.25) is 0 Å². The summed E-state index contributed by atoms with van der Waals surface area (Å²) in [5.41, 5.74) is 2.63. The van der Waals surface area contributed by atoms with Crippen molar-refractivity contribution in [3.63, 3.8) is 0 Å². The molecule has 1 heterocycles. The van der Waals surface area contributed by atoms with Crippen LogP contribution < -0.4 is 4.74 Å². The lowest BCUT2D eigenvalue weighted by molar-refractivity contribution is 0.0526. The summed E-state index contributed by atoms with van der Waals surface area (Å²) in [5, 5.41) is 19.4. The number of hydrogen-bond acceptors (Lipinski definition) is 7. The van der Waals surface area contributed by atoms with E-state index in [-0.39, 0.29) is 12.6 Å². The number of carbonyl (C=O) groups excluding carboxylic acids is 1. The lowest BCUT2D eigenvalue weighted by Crippen LogP contribution is -2.20. The second-order valence-corrected chi connectivity index (χ2v) is 7.71. The molecule has 0 radical (unpaired) electrons. The molecule has 0 aliphatic rings. The van der Waals surface area contributed by atoms with Crippen LogP contribution in [0.1, 0.15) is 28.7 Å². The molecule has 1 unspecified atom stereocenters. The molecule has 8 heteroatoms. The first kappa shape index (κ1) is 21.9. The van der Waals surface area contributed by atoms with Crippen molar-refractivity contribution in [2.24, 2.45) is 0 Å². The molecule has 1 N–H and O–H groups in total. The quantitative estimate of drug-likeness (QED) is 0.412. The SMILES string of the molecule is CCOC(=O)c1ccc(OCC(O)CSc2nnc(C)n2-c2ccc(C)cc2)cc1. The van der Waals surface area contributed by atoms with E-state index in [0.29, 0.717) is 28.8 Å². The number of rotatable bonds is 9. The molecule has 0 amide bonds. The van der Waals surface area contributed by atoms with E-state index >= 15 is 0 Å². The van der Waals surface area contributed by atoms with E-state index in [1.165, 1.54) is 17.3 Å². The second-order valence-electron chi connectivity index (χ2n) is 6.72. The molecule has 3 aromatic rings. The number of aliphatic hydroxyl groups is 1. The van der Waals surface area contributed by atoms with E-state index in [1.807, 2.05) is 42.7 Å². The molecular formula is C22H25N3O4S. The van der Waals surface area contributed by atoms with Crippen LogP contribution in [0.2, 0.25) is 0 Å². The topological polar surface area (TPSA) is 86.5 Å². The first-order chi connectivity index (χ1) is 14.5. The summed E-state index contributed by atoms with van der Waals surface area (Å²) in [5.74, 6) is 1.40. The molecule has 0 saturated heterocycles. The van der Waals surface area contributed by atoms with Crippen molar-refractivity contribution in [3.8, 4) is 11.4 Å². The number of aryl methyl sites for hydroxylation is 2. The highest BCUT2D eigenvalue weighted by molar-refractivity contribution is 7.99. The van der Waals surface area contributed by atoms with Gasteiger partial charge < -0.3 is 14.6 Å². The minimum absolute atomic E-state index is 0.128. The number of carbonyl (C=O) groups is 1. The fourth-order valence-corrected chi connectivity index (χ4v) is 3.64. The van der Waals surface area contributed by atoms with Crippen molar-refractivity contribution in [1.82, 2.24) is 14.8 Å². The molecule has 0 fully saturated rings. The fourth-order valence-electron chi connectivity index (χ4n) is 2.74. The molecule has 1 atom stereocenters. The number of ether oxygens (including phenoxy) is 2. The minimum Gasteiger partial charge on any atom is -0.491 e. The second kappa shape index (κ2) is 10.3. The smallest absolute Gasteiger partial charge is 0.338 e. The van der Waals surface area contributed by atoms with Crippen molar-refractivity contribution in [2.75, 3.05) is 19.0 Å². The van der Waals surface area contributed by atoms with Crippen molar-refractivity contribution in [2.45, 2.75) is 32.0 Å². The molecule has 2 aromatic carbocycles. The summed E-state index contributed by atoms with van der Waals surface area (Å²) < 4.78 is 12.5. The zero-order chi connectivity index (χ0) is 21.5. The molecule has 30 heavy (non-hydrogen) atoms. The summed E-state index contributed by atoms with van der Waals surface area (Å²) in [6.45, 7) is 6.16. The molecule has 0 bridgehead atoms. The molecule has 3 rings (SSSR count). The third-order valence-corrected chi connectivity index (χ3v) is 5.37. The molecule has 1 aromatic heterocycles.